The fourth-order valence-corrected chi connectivity index (χ4v) is 1.72. The number of hydrogen-bond donors (Lipinski definition) is 1. The summed E-state index contributed by atoms with van der Waals surface area (Å²) in [5.74, 6) is 0.769. The predicted octanol–water partition coefficient (Wildman–Crippen LogP) is 2.79. The summed E-state index contributed by atoms with van der Waals surface area (Å²) >= 11 is 3.39. The molecule has 0 aliphatic rings. The van der Waals surface area contributed by atoms with Crippen molar-refractivity contribution in [3.8, 4) is 11.5 Å². The lowest BCUT2D eigenvalue weighted by molar-refractivity contribution is 0.621. The molecule has 0 amide bonds. The minimum absolute atomic E-state index is 0.378. The van der Waals surface area contributed by atoms with E-state index in [0.29, 0.717) is 17.3 Å². The van der Waals surface area contributed by atoms with Crippen LogP contribution >= 0.6 is 15.9 Å². The van der Waals surface area contributed by atoms with E-state index >= 15 is 0 Å². The van der Waals surface area contributed by atoms with Crippen LogP contribution in [0.2, 0.25) is 0 Å². The van der Waals surface area contributed by atoms with Crippen molar-refractivity contribution in [2.24, 2.45) is 0 Å². The van der Waals surface area contributed by atoms with E-state index < -0.39 is 0 Å². The maximum atomic E-state index is 12.8. The Bertz CT molecular complexity index is 542. The molecule has 0 aliphatic carbocycles. The fraction of sp³-hybridized carbons (Fsp3) is 0.182. The quantitative estimate of drug-likeness (QED) is 0.926. The zero-order chi connectivity index (χ0) is 12.4. The summed E-state index contributed by atoms with van der Waals surface area (Å²) in [4.78, 5) is 12.5. The zero-order valence-corrected chi connectivity index (χ0v) is 10.9. The molecular weight excluding hydrogens is 287 g/mol. The molecule has 1 N–H and O–H groups in total. The molecule has 0 fully saturated rings. The number of nitrogens with one attached hydrogen (secondary N) is 1. The Morgan fingerprint density at radius 2 is 2.06 bits per heavy atom. The molecule has 2 aromatic heterocycles. The van der Waals surface area contributed by atoms with Crippen LogP contribution in [0.15, 0.2) is 22.8 Å². The van der Waals surface area contributed by atoms with E-state index in [1.807, 2.05) is 6.92 Å². The highest BCUT2D eigenvalue weighted by molar-refractivity contribution is 9.10. The predicted molar refractivity (Wildman–Crippen MR) is 67.2 cm³/mol. The lowest BCUT2D eigenvalue weighted by Gasteiger charge is -2.07. The Balaban J connectivity index is 2.52. The third-order valence-electron chi connectivity index (χ3n) is 2.21. The third kappa shape index (κ3) is 2.41. The molecule has 88 valence electrons. The second-order valence-electron chi connectivity index (χ2n) is 3.41. The van der Waals surface area contributed by atoms with Crippen LogP contribution in [0, 0.1) is 12.7 Å². The SMILES string of the molecule is CNc1nc(-c2ccc(F)cn2)nc(C)c1Br. The summed E-state index contributed by atoms with van der Waals surface area (Å²) in [6.45, 7) is 1.86. The molecule has 2 rings (SSSR count). The van der Waals surface area contributed by atoms with Crippen LogP contribution in [-0.4, -0.2) is 22.0 Å². The molecule has 0 aromatic carbocycles. The van der Waals surface area contributed by atoms with Crippen molar-refractivity contribution in [1.29, 1.82) is 0 Å². The first-order valence-electron chi connectivity index (χ1n) is 4.95. The molecule has 0 spiro atoms. The largest absolute Gasteiger partial charge is 0.372 e. The van der Waals surface area contributed by atoms with Crippen LogP contribution in [0.3, 0.4) is 0 Å². The highest BCUT2D eigenvalue weighted by Gasteiger charge is 2.10. The van der Waals surface area contributed by atoms with E-state index in [9.17, 15) is 4.39 Å². The fourth-order valence-electron chi connectivity index (χ4n) is 1.35. The first-order chi connectivity index (χ1) is 8.11. The highest BCUT2D eigenvalue weighted by Crippen LogP contribution is 2.25. The number of halogens is 2. The maximum Gasteiger partial charge on any atom is 0.180 e. The number of aromatic nitrogens is 3. The first kappa shape index (κ1) is 11.9. The van der Waals surface area contributed by atoms with E-state index in [2.05, 4.69) is 36.2 Å². The van der Waals surface area contributed by atoms with E-state index in [1.54, 1.807) is 13.1 Å². The van der Waals surface area contributed by atoms with Crippen molar-refractivity contribution in [1.82, 2.24) is 15.0 Å². The van der Waals surface area contributed by atoms with Crippen molar-refractivity contribution in [3.05, 3.63) is 34.3 Å². The first-order valence-corrected chi connectivity index (χ1v) is 5.75. The van der Waals surface area contributed by atoms with Gasteiger partial charge in [-0.25, -0.2) is 19.3 Å². The van der Waals surface area contributed by atoms with Crippen molar-refractivity contribution in [2.75, 3.05) is 12.4 Å². The summed E-state index contributed by atoms with van der Waals surface area (Å²) in [5, 5.41) is 2.96. The number of aryl methyl sites for hydroxylation is 1. The van der Waals surface area contributed by atoms with Crippen molar-refractivity contribution < 1.29 is 4.39 Å². The van der Waals surface area contributed by atoms with Crippen LogP contribution in [-0.2, 0) is 0 Å². The molecule has 0 aliphatic heterocycles. The van der Waals surface area contributed by atoms with Crippen LogP contribution < -0.4 is 5.32 Å². The molecule has 2 heterocycles. The molecule has 0 unspecified atom stereocenters. The van der Waals surface area contributed by atoms with Gasteiger partial charge in [0.2, 0.25) is 0 Å². The van der Waals surface area contributed by atoms with Crippen molar-refractivity contribution in [3.63, 3.8) is 0 Å². The van der Waals surface area contributed by atoms with E-state index in [0.717, 1.165) is 16.4 Å². The van der Waals surface area contributed by atoms with Gasteiger partial charge in [0.05, 0.1) is 16.4 Å². The smallest absolute Gasteiger partial charge is 0.180 e. The van der Waals surface area contributed by atoms with Gasteiger partial charge < -0.3 is 5.32 Å². The van der Waals surface area contributed by atoms with Gasteiger partial charge in [0, 0.05) is 7.05 Å². The molecular formula is C11H10BrFN4. The lowest BCUT2D eigenvalue weighted by Crippen LogP contribution is -2.01. The minimum atomic E-state index is -0.378. The molecule has 4 nitrogen and oxygen atoms in total. The summed E-state index contributed by atoms with van der Waals surface area (Å²) in [6.07, 6.45) is 1.15. The molecule has 0 atom stereocenters. The van der Waals surface area contributed by atoms with Crippen molar-refractivity contribution in [2.45, 2.75) is 6.92 Å². The van der Waals surface area contributed by atoms with E-state index in [4.69, 9.17) is 0 Å². The van der Waals surface area contributed by atoms with Gasteiger partial charge in [0.15, 0.2) is 5.82 Å². The van der Waals surface area contributed by atoms with Gasteiger partial charge in [-0.05, 0) is 35.0 Å². The topological polar surface area (TPSA) is 50.7 Å². The second-order valence-corrected chi connectivity index (χ2v) is 4.20. The average molecular weight is 297 g/mol. The van der Waals surface area contributed by atoms with Gasteiger partial charge in [-0.15, -0.1) is 0 Å². The van der Waals surface area contributed by atoms with Crippen molar-refractivity contribution >= 4 is 21.7 Å². The Hall–Kier alpha value is -1.56. The Morgan fingerprint density at radius 1 is 1.29 bits per heavy atom. The standard InChI is InChI=1S/C11H10BrFN4/c1-6-9(12)11(14-2)17-10(16-6)8-4-3-7(13)5-15-8/h3-5H,1-2H3,(H,14,16,17). The van der Waals surface area contributed by atoms with E-state index in [-0.39, 0.29) is 5.82 Å². The lowest BCUT2D eigenvalue weighted by atomic mass is 10.3. The third-order valence-corrected chi connectivity index (χ3v) is 3.16. The van der Waals surface area contributed by atoms with Gasteiger partial charge in [0.25, 0.3) is 0 Å². The van der Waals surface area contributed by atoms with Crippen LogP contribution in [0.4, 0.5) is 10.2 Å². The maximum absolute atomic E-state index is 12.8. The highest BCUT2D eigenvalue weighted by atomic mass is 79.9. The van der Waals surface area contributed by atoms with Crippen LogP contribution in [0.25, 0.3) is 11.5 Å². The van der Waals surface area contributed by atoms with Gasteiger partial charge >= 0.3 is 0 Å². The normalized spacial score (nSPS) is 10.4. The summed E-state index contributed by atoms with van der Waals surface area (Å²) in [6, 6.07) is 2.89. The number of hydrogen-bond acceptors (Lipinski definition) is 4. The zero-order valence-electron chi connectivity index (χ0n) is 9.33. The molecule has 0 saturated carbocycles. The van der Waals surface area contributed by atoms with E-state index in [1.165, 1.54) is 6.07 Å². The molecule has 0 bridgehead atoms. The Morgan fingerprint density at radius 3 is 2.65 bits per heavy atom. The molecule has 17 heavy (non-hydrogen) atoms. The van der Waals surface area contributed by atoms with Gasteiger partial charge in [0.1, 0.15) is 17.3 Å². The van der Waals surface area contributed by atoms with Gasteiger partial charge in [-0.1, -0.05) is 0 Å². The number of anilines is 1. The number of nitrogens with zero attached hydrogens (tertiary/aromatic N) is 3. The number of pyridine rings is 1. The molecule has 2 aromatic rings. The Labute approximate surface area is 106 Å². The van der Waals surface area contributed by atoms with Gasteiger partial charge in [-0.2, -0.15) is 0 Å². The molecule has 0 radical (unpaired) electrons. The summed E-state index contributed by atoms with van der Waals surface area (Å²) in [5.41, 5.74) is 1.34. The monoisotopic (exact) mass is 296 g/mol. The average Bonchev–Trinajstić information content (AvgIpc) is 2.33. The summed E-state index contributed by atoms with van der Waals surface area (Å²) in [7, 11) is 1.77. The second kappa shape index (κ2) is 4.75. The number of rotatable bonds is 2. The summed E-state index contributed by atoms with van der Waals surface area (Å²) < 4.78 is 13.6. The van der Waals surface area contributed by atoms with Gasteiger partial charge in [-0.3, -0.25) is 0 Å². The molecule has 6 heteroatoms. The van der Waals surface area contributed by atoms with Crippen LogP contribution in [0.5, 0.6) is 0 Å². The van der Waals surface area contributed by atoms with Crippen LogP contribution in [0.1, 0.15) is 5.69 Å². The minimum Gasteiger partial charge on any atom is -0.372 e. The Kier molecular flexibility index (Phi) is 3.33. The molecule has 0 saturated heterocycles.